The Bertz CT molecular complexity index is 959. The monoisotopic (exact) mass is 382 g/mol. The van der Waals surface area contributed by atoms with Crippen LogP contribution in [0.25, 0.3) is 0 Å². The Hall–Kier alpha value is -2.60. The van der Waals surface area contributed by atoms with E-state index in [2.05, 4.69) is 6.07 Å². The summed E-state index contributed by atoms with van der Waals surface area (Å²) in [4.78, 5) is 29.0. The molecule has 2 unspecified atom stereocenters. The molecule has 4 nitrogen and oxygen atoms in total. The van der Waals surface area contributed by atoms with Crippen LogP contribution in [0.2, 0.25) is 0 Å². The molecule has 2 atom stereocenters. The van der Waals surface area contributed by atoms with Crippen LogP contribution in [0.15, 0.2) is 53.9 Å². The van der Waals surface area contributed by atoms with Crippen molar-refractivity contribution in [1.29, 1.82) is 0 Å². The lowest BCUT2D eigenvalue weighted by Gasteiger charge is -2.41. The van der Waals surface area contributed by atoms with Gasteiger partial charge in [-0.3, -0.25) is 4.79 Å². The predicted molar refractivity (Wildman–Crippen MR) is 105 cm³/mol. The molecule has 0 aliphatic carbocycles. The maximum absolute atomic E-state index is 13.7. The van der Waals surface area contributed by atoms with Gasteiger partial charge in [-0.05, 0) is 48.6 Å². The molecule has 138 valence electrons. The number of rotatable bonds is 3. The lowest BCUT2D eigenvalue weighted by Crippen LogP contribution is -2.61. The Balaban J connectivity index is 1.73. The number of carbonyl (C=O) groups is 2. The van der Waals surface area contributed by atoms with Gasteiger partial charge < -0.3 is 4.90 Å². The van der Waals surface area contributed by atoms with Crippen LogP contribution in [-0.4, -0.2) is 28.1 Å². The highest BCUT2D eigenvalue weighted by atomic mass is 32.2. The molecule has 27 heavy (non-hydrogen) atoms. The number of halogens is 1. The molecule has 1 fully saturated rings. The summed E-state index contributed by atoms with van der Waals surface area (Å²) >= 11 is 1.40. The van der Waals surface area contributed by atoms with E-state index in [0.29, 0.717) is 6.54 Å². The first-order chi connectivity index (χ1) is 13.0. The first kappa shape index (κ1) is 17.8. The van der Waals surface area contributed by atoms with Gasteiger partial charge >= 0.3 is 6.03 Å². The molecule has 0 bridgehead atoms. The molecule has 4 rings (SSSR count). The van der Waals surface area contributed by atoms with Crippen molar-refractivity contribution in [2.45, 2.75) is 31.7 Å². The van der Waals surface area contributed by atoms with Crippen LogP contribution in [0.5, 0.6) is 0 Å². The number of aryl methyl sites for hydroxylation is 2. The molecule has 2 heterocycles. The minimum atomic E-state index is -0.478. The van der Waals surface area contributed by atoms with Crippen LogP contribution in [0.4, 0.5) is 14.9 Å². The molecule has 0 saturated carbocycles. The summed E-state index contributed by atoms with van der Waals surface area (Å²) in [7, 11) is 0. The number of fused-ring (bicyclic) bond motifs is 1. The standard InChI is InChI=1S/C21H19FN2O2S/c1-13-6-7-14(2)15(10-13)12-23-18-8-9-27-19(18)20(25)24(21(23)26)17-5-3-4-16(22)11-17/h3-11,18-19H,12H2,1-2H3. The largest absolute Gasteiger partial charge is 0.332 e. The van der Waals surface area contributed by atoms with E-state index in [1.807, 2.05) is 37.5 Å². The van der Waals surface area contributed by atoms with Crippen molar-refractivity contribution in [3.05, 3.63) is 76.5 Å². The highest BCUT2D eigenvalue weighted by Crippen LogP contribution is 2.37. The molecular formula is C21H19FN2O2S. The van der Waals surface area contributed by atoms with E-state index in [1.54, 1.807) is 11.0 Å². The normalized spacial score (nSPS) is 21.7. The number of urea groups is 1. The van der Waals surface area contributed by atoms with Gasteiger partial charge in [0.15, 0.2) is 0 Å². The third-order valence-corrected chi connectivity index (χ3v) is 6.07. The quantitative estimate of drug-likeness (QED) is 0.790. The Morgan fingerprint density at radius 2 is 1.93 bits per heavy atom. The maximum Gasteiger partial charge on any atom is 0.332 e. The van der Waals surface area contributed by atoms with Crippen LogP contribution < -0.4 is 4.90 Å². The van der Waals surface area contributed by atoms with Gasteiger partial charge in [0.05, 0.1) is 11.7 Å². The van der Waals surface area contributed by atoms with Gasteiger partial charge in [-0.15, -0.1) is 11.8 Å². The molecular weight excluding hydrogens is 363 g/mol. The lowest BCUT2D eigenvalue weighted by molar-refractivity contribution is -0.119. The second kappa shape index (κ2) is 6.85. The lowest BCUT2D eigenvalue weighted by atomic mass is 10.0. The number of benzene rings is 2. The van der Waals surface area contributed by atoms with Crippen molar-refractivity contribution in [3.63, 3.8) is 0 Å². The van der Waals surface area contributed by atoms with Gasteiger partial charge in [0.25, 0.3) is 5.91 Å². The third kappa shape index (κ3) is 3.14. The molecule has 0 spiro atoms. The number of amides is 3. The van der Waals surface area contributed by atoms with Crippen LogP contribution in [0, 0.1) is 19.7 Å². The van der Waals surface area contributed by atoms with E-state index in [1.165, 1.54) is 30.0 Å². The Kier molecular flexibility index (Phi) is 4.52. The van der Waals surface area contributed by atoms with Gasteiger partial charge in [-0.1, -0.05) is 35.9 Å². The molecule has 0 N–H and O–H groups in total. The van der Waals surface area contributed by atoms with Crippen molar-refractivity contribution < 1.29 is 14.0 Å². The second-order valence-corrected chi connectivity index (χ2v) is 7.92. The van der Waals surface area contributed by atoms with Crippen LogP contribution in [0.3, 0.4) is 0 Å². The second-order valence-electron chi connectivity index (χ2n) is 6.87. The average Bonchev–Trinajstić information content (AvgIpc) is 3.12. The van der Waals surface area contributed by atoms with E-state index in [4.69, 9.17) is 0 Å². The van der Waals surface area contributed by atoms with Crippen molar-refractivity contribution >= 4 is 29.4 Å². The minimum Gasteiger partial charge on any atom is -0.312 e. The van der Waals surface area contributed by atoms with Gasteiger partial charge in [0.2, 0.25) is 0 Å². The van der Waals surface area contributed by atoms with Gasteiger partial charge in [-0.2, -0.15) is 0 Å². The van der Waals surface area contributed by atoms with Gasteiger partial charge in [0, 0.05) is 6.54 Å². The topological polar surface area (TPSA) is 40.6 Å². The Morgan fingerprint density at radius 3 is 2.70 bits per heavy atom. The zero-order valence-corrected chi connectivity index (χ0v) is 15.9. The summed E-state index contributed by atoms with van der Waals surface area (Å²) in [6, 6.07) is 11.0. The average molecular weight is 382 g/mol. The van der Waals surface area contributed by atoms with Crippen molar-refractivity contribution in [2.24, 2.45) is 0 Å². The summed E-state index contributed by atoms with van der Waals surface area (Å²) in [6.07, 6.45) is 1.90. The van der Waals surface area contributed by atoms with Crippen LogP contribution in [0.1, 0.15) is 16.7 Å². The predicted octanol–water partition coefficient (Wildman–Crippen LogP) is 4.41. The van der Waals surface area contributed by atoms with Crippen LogP contribution in [-0.2, 0) is 11.3 Å². The van der Waals surface area contributed by atoms with Crippen molar-refractivity contribution in [1.82, 2.24) is 4.90 Å². The Morgan fingerprint density at radius 1 is 1.11 bits per heavy atom. The molecule has 2 aromatic carbocycles. The summed E-state index contributed by atoms with van der Waals surface area (Å²) in [5.41, 5.74) is 3.52. The van der Waals surface area contributed by atoms with Gasteiger partial charge in [-0.25, -0.2) is 14.1 Å². The summed E-state index contributed by atoms with van der Waals surface area (Å²) in [5, 5.41) is 1.46. The molecule has 2 aromatic rings. The highest BCUT2D eigenvalue weighted by molar-refractivity contribution is 8.03. The molecule has 0 radical (unpaired) electrons. The zero-order valence-electron chi connectivity index (χ0n) is 15.1. The van der Waals surface area contributed by atoms with Gasteiger partial charge in [0.1, 0.15) is 11.1 Å². The first-order valence-corrected chi connectivity index (χ1v) is 9.68. The number of imide groups is 1. The number of thioether (sulfide) groups is 1. The Labute approximate surface area is 161 Å². The van der Waals surface area contributed by atoms with E-state index in [9.17, 15) is 14.0 Å². The summed E-state index contributed by atoms with van der Waals surface area (Å²) in [5.74, 6) is -0.781. The SMILES string of the molecule is Cc1ccc(C)c(CN2C(=O)N(c3cccc(F)c3)C(=O)C3SC=CC32)c1. The fourth-order valence-electron chi connectivity index (χ4n) is 3.52. The van der Waals surface area contributed by atoms with E-state index in [0.717, 1.165) is 21.6 Å². The fraction of sp³-hybridized carbons (Fsp3) is 0.238. The zero-order chi connectivity index (χ0) is 19.1. The fourth-order valence-corrected chi connectivity index (χ4v) is 4.56. The van der Waals surface area contributed by atoms with Crippen molar-refractivity contribution in [2.75, 3.05) is 4.90 Å². The highest BCUT2D eigenvalue weighted by Gasteiger charge is 2.47. The third-order valence-electron chi connectivity index (χ3n) is 4.98. The molecule has 6 heteroatoms. The maximum atomic E-state index is 13.7. The molecule has 2 aliphatic rings. The number of hydrogen-bond donors (Lipinski definition) is 0. The summed E-state index contributed by atoms with van der Waals surface area (Å²) < 4.78 is 13.7. The van der Waals surface area contributed by atoms with E-state index < -0.39 is 17.1 Å². The molecule has 3 amide bonds. The number of hydrogen-bond acceptors (Lipinski definition) is 3. The minimum absolute atomic E-state index is 0.266. The summed E-state index contributed by atoms with van der Waals surface area (Å²) in [6.45, 7) is 4.42. The molecule has 1 saturated heterocycles. The number of anilines is 1. The molecule has 2 aliphatic heterocycles. The van der Waals surface area contributed by atoms with E-state index >= 15 is 0 Å². The number of nitrogens with zero attached hydrogens (tertiary/aromatic N) is 2. The first-order valence-electron chi connectivity index (χ1n) is 8.74. The number of carbonyl (C=O) groups excluding carboxylic acids is 2. The van der Waals surface area contributed by atoms with E-state index in [-0.39, 0.29) is 17.6 Å². The van der Waals surface area contributed by atoms with Crippen LogP contribution >= 0.6 is 11.8 Å². The smallest absolute Gasteiger partial charge is 0.312 e. The molecule has 0 aromatic heterocycles. The van der Waals surface area contributed by atoms with Crippen molar-refractivity contribution in [3.8, 4) is 0 Å².